The van der Waals surface area contributed by atoms with Gasteiger partial charge in [0.1, 0.15) is 0 Å². The van der Waals surface area contributed by atoms with E-state index in [1.165, 1.54) is 5.56 Å². The molecule has 29 heavy (non-hydrogen) atoms. The molecule has 2 heterocycles. The number of imidazole rings is 1. The molecule has 0 fully saturated rings. The van der Waals surface area contributed by atoms with Gasteiger partial charge in [-0.2, -0.15) is 0 Å². The van der Waals surface area contributed by atoms with Crippen LogP contribution in [0.3, 0.4) is 0 Å². The summed E-state index contributed by atoms with van der Waals surface area (Å²) in [5.74, 6) is 0.494. The van der Waals surface area contributed by atoms with Crippen molar-refractivity contribution in [3.63, 3.8) is 0 Å². The molecule has 148 valence electrons. The minimum atomic E-state index is 0.0136. The van der Waals surface area contributed by atoms with Gasteiger partial charge >= 0.3 is 0 Å². The Morgan fingerprint density at radius 1 is 1.14 bits per heavy atom. The van der Waals surface area contributed by atoms with Crippen LogP contribution in [0.2, 0.25) is 5.02 Å². The first-order valence-corrected chi connectivity index (χ1v) is 10.9. The molecule has 0 aliphatic heterocycles. The molecule has 1 N–H and O–H groups in total. The molecule has 4 nitrogen and oxygen atoms in total. The summed E-state index contributed by atoms with van der Waals surface area (Å²) in [6, 6.07) is 15.7. The number of hydrogen-bond donors (Lipinski definition) is 1. The molecule has 0 aliphatic carbocycles. The number of fused-ring (bicyclic) bond motifs is 1. The van der Waals surface area contributed by atoms with Gasteiger partial charge in [-0.1, -0.05) is 49.7 Å². The molecule has 0 bridgehead atoms. The van der Waals surface area contributed by atoms with Crippen LogP contribution in [0.25, 0.3) is 16.2 Å². The fourth-order valence-electron chi connectivity index (χ4n) is 3.19. The minimum Gasteiger partial charge on any atom is -0.326 e. The SMILES string of the molecule is CC(C)c1ccc(NC(=O)CCc2csc3nc(-c4ccc(Cl)cc4)cn23)cc1. The van der Waals surface area contributed by atoms with Gasteiger partial charge < -0.3 is 5.32 Å². The smallest absolute Gasteiger partial charge is 0.224 e. The fraction of sp³-hybridized carbons (Fsp3) is 0.217. The molecular weight excluding hydrogens is 402 g/mol. The van der Waals surface area contributed by atoms with Crippen LogP contribution in [0.15, 0.2) is 60.1 Å². The highest BCUT2D eigenvalue weighted by Crippen LogP contribution is 2.25. The standard InChI is InChI=1S/C23H22ClN3OS/c1-15(2)16-5-9-19(10-6-16)25-22(28)12-11-20-14-29-23-26-21(13-27(20)23)17-3-7-18(24)8-4-17/h3-10,13-15H,11-12H2,1-2H3,(H,25,28). The number of amides is 1. The van der Waals surface area contributed by atoms with Crippen LogP contribution in [0.1, 0.15) is 37.4 Å². The first-order chi connectivity index (χ1) is 14.0. The van der Waals surface area contributed by atoms with Gasteiger partial charge in [0.25, 0.3) is 0 Å². The van der Waals surface area contributed by atoms with Gasteiger partial charge in [0.15, 0.2) is 4.96 Å². The molecule has 0 spiro atoms. The number of aryl methyl sites for hydroxylation is 1. The van der Waals surface area contributed by atoms with E-state index in [0.717, 1.165) is 27.6 Å². The molecule has 2 aromatic carbocycles. The van der Waals surface area contributed by atoms with Crippen LogP contribution in [0, 0.1) is 0 Å². The third kappa shape index (κ3) is 4.52. The molecule has 0 saturated carbocycles. The van der Waals surface area contributed by atoms with Crippen LogP contribution in [0.4, 0.5) is 5.69 Å². The summed E-state index contributed by atoms with van der Waals surface area (Å²) in [6.45, 7) is 4.31. The van der Waals surface area contributed by atoms with Gasteiger partial charge in [0, 0.05) is 40.0 Å². The topological polar surface area (TPSA) is 46.4 Å². The van der Waals surface area contributed by atoms with Crippen molar-refractivity contribution in [3.05, 3.63) is 76.4 Å². The first-order valence-electron chi connectivity index (χ1n) is 9.61. The third-order valence-electron chi connectivity index (χ3n) is 4.89. The normalized spacial score (nSPS) is 11.3. The maximum Gasteiger partial charge on any atom is 0.224 e. The summed E-state index contributed by atoms with van der Waals surface area (Å²) in [6.07, 6.45) is 3.10. The van der Waals surface area contributed by atoms with Crippen molar-refractivity contribution in [1.82, 2.24) is 9.38 Å². The molecular formula is C23H22ClN3OS. The average molecular weight is 424 g/mol. The van der Waals surface area contributed by atoms with Crippen molar-refractivity contribution in [2.75, 3.05) is 5.32 Å². The van der Waals surface area contributed by atoms with Crippen LogP contribution >= 0.6 is 22.9 Å². The van der Waals surface area contributed by atoms with Gasteiger partial charge in [0.05, 0.1) is 5.69 Å². The van der Waals surface area contributed by atoms with E-state index < -0.39 is 0 Å². The van der Waals surface area contributed by atoms with E-state index in [9.17, 15) is 4.79 Å². The molecule has 0 unspecified atom stereocenters. The maximum atomic E-state index is 12.4. The summed E-state index contributed by atoms with van der Waals surface area (Å²) < 4.78 is 2.07. The second-order valence-electron chi connectivity index (χ2n) is 7.34. The lowest BCUT2D eigenvalue weighted by atomic mass is 10.0. The third-order valence-corrected chi connectivity index (χ3v) is 6.03. The fourth-order valence-corrected chi connectivity index (χ4v) is 4.22. The van der Waals surface area contributed by atoms with E-state index in [-0.39, 0.29) is 5.91 Å². The highest BCUT2D eigenvalue weighted by Gasteiger charge is 2.11. The predicted octanol–water partition coefficient (Wildman–Crippen LogP) is 6.41. The van der Waals surface area contributed by atoms with Gasteiger partial charge in [-0.3, -0.25) is 9.20 Å². The van der Waals surface area contributed by atoms with Crippen molar-refractivity contribution in [2.24, 2.45) is 0 Å². The Labute approximate surface area is 179 Å². The second-order valence-corrected chi connectivity index (χ2v) is 8.61. The Balaban J connectivity index is 1.41. The summed E-state index contributed by atoms with van der Waals surface area (Å²) in [4.78, 5) is 18.0. The van der Waals surface area contributed by atoms with Crippen molar-refractivity contribution in [1.29, 1.82) is 0 Å². The van der Waals surface area contributed by atoms with Crippen molar-refractivity contribution >= 4 is 39.5 Å². The van der Waals surface area contributed by atoms with E-state index in [1.807, 2.05) is 42.6 Å². The zero-order valence-corrected chi connectivity index (χ0v) is 17.9. The van der Waals surface area contributed by atoms with Gasteiger partial charge in [-0.15, -0.1) is 11.3 Å². The summed E-state index contributed by atoms with van der Waals surface area (Å²) in [5.41, 5.74) is 5.12. The number of hydrogen-bond acceptors (Lipinski definition) is 3. The molecule has 0 radical (unpaired) electrons. The molecule has 0 aliphatic rings. The molecule has 4 aromatic rings. The van der Waals surface area contributed by atoms with Crippen LogP contribution in [-0.2, 0) is 11.2 Å². The zero-order valence-electron chi connectivity index (χ0n) is 16.4. The average Bonchev–Trinajstić information content (AvgIpc) is 3.28. The Bertz CT molecular complexity index is 1130. The summed E-state index contributed by atoms with van der Waals surface area (Å²) >= 11 is 7.56. The van der Waals surface area contributed by atoms with E-state index in [4.69, 9.17) is 11.6 Å². The summed E-state index contributed by atoms with van der Waals surface area (Å²) in [7, 11) is 0. The Kier molecular flexibility index (Phi) is 5.69. The number of benzene rings is 2. The van der Waals surface area contributed by atoms with E-state index >= 15 is 0 Å². The highest BCUT2D eigenvalue weighted by molar-refractivity contribution is 7.15. The quantitative estimate of drug-likeness (QED) is 0.389. The Hall–Kier alpha value is -2.63. The monoisotopic (exact) mass is 423 g/mol. The molecule has 4 rings (SSSR count). The van der Waals surface area contributed by atoms with Crippen molar-refractivity contribution in [2.45, 2.75) is 32.6 Å². The Morgan fingerprint density at radius 3 is 2.55 bits per heavy atom. The molecule has 1 amide bonds. The second kappa shape index (κ2) is 8.39. The number of halogens is 1. The number of anilines is 1. The number of nitrogens with zero attached hydrogens (tertiary/aromatic N) is 2. The van der Waals surface area contributed by atoms with Crippen LogP contribution in [0.5, 0.6) is 0 Å². The number of nitrogens with one attached hydrogen (secondary N) is 1. The van der Waals surface area contributed by atoms with Gasteiger partial charge in [-0.25, -0.2) is 4.98 Å². The number of rotatable bonds is 6. The molecule has 2 aromatic heterocycles. The van der Waals surface area contributed by atoms with Gasteiger partial charge in [0.2, 0.25) is 5.91 Å². The summed E-state index contributed by atoms with van der Waals surface area (Å²) in [5, 5.41) is 5.76. The lowest BCUT2D eigenvalue weighted by Gasteiger charge is -2.08. The van der Waals surface area contributed by atoms with Crippen LogP contribution in [-0.4, -0.2) is 15.3 Å². The minimum absolute atomic E-state index is 0.0136. The largest absolute Gasteiger partial charge is 0.326 e. The molecule has 6 heteroatoms. The number of aromatic nitrogens is 2. The van der Waals surface area contributed by atoms with Crippen molar-refractivity contribution in [3.8, 4) is 11.3 Å². The highest BCUT2D eigenvalue weighted by atomic mass is 35.5. The number of carbonyl (C=O) groups is 1. The van der Waals surface area contributed by atoms with Gasteiger partial charge in [-0.05, 0) is 42.2 Å². The number of thiazole rings is 1. The van der Waals surface area contributed by atoms with E-state index in [2.05, 4.69) is 46.1 Å². The first kappa shape index (κ1) is 19.7. The lowest BCUT2D eigenvalue weighted by Crippen LogP contribution is -2.12. The van der Waals surface area contributed by atoms with E-state index in [1.54, 1.807) is 11.3 Å². The molecule has 0 saturated heterocycles. The Morgan fingerprint density at radius 2 is 1.86 bits per heavy atom. The zero-order chi connectivity index (χ0) is 20.4. The van der Waals surface area contributed by atoms with Crippen molar-refractivity contribution < 1.29 is 4.79 Å². The number of carbonyl (C=O) groups excluding carboxylic acids is 1. The lowest BCUT2D eigenvalue weighted by molar-refractivity contribution is -0.116. The van der Waals surface area contributed by atoms with Crippen LogP contribution < -0.4 is 5.32 Å². The maximum absolute atomic E-state index is 12.4. The van der Waals surface area contributed by atoms with E-state index in [0.29, 0.717) is 23.8 Å². The molecule has 0 atom stereocenters. The predicted molar refractivity (Wildman–Crippen MR) is 121 cm³/mol.